The Morgan fingerprint density at radius 2 is 1.76 bits per heavy atom. The highest BCUT2D eigenvalue weighted by molar-refractivity contribution is 7.85. The van der Waals surface area contributed by atoms with Gasteiger partial charge < -0.3 is 5.11 Å². The number of aryl methyl sites for hydroxylation is 1. The van der Waals surface area contributed by atoms with Gasteiger partial charge in [-0.15, -0.1) is 0 Å². The molecule has 1 N–H and O–H groups in total. The van der Waals surface area contributed by atoms with Crippen molar-refractivity contribution in [3.63, 3.8) is 0 Å². The Labute approximate surface area is 129 Å². The SMILES string of the molecule is CCC[C@H](O)Cc1ccccc1[S@@](=O)c1ccc(C)cc1. The lowest BCUT2D eigenvalue weighted by Crippen LogP contribution is -2.11. The number of aliphatic hydroxyl groups excluding tert-OH is 1. The lowest BCUT2D eigenvalue weighted by molar-refractivity contribution is 0.163. The second kappa shape index (κ2) is 7.53. The van der Waals surface area contributed by atoms with Gasteiger partial charge in [-0.1, -0.05) is 49.2 Å². The van der Waals surface area contributed by atoms with E-state index < -0.39 is 10.8 Å². The van der Waals surface area contributed by atoms with E-state index in [9.17, 15) is 9.32 Å². The van der Waals surface area contributed by atoms with Crippen molar-refractivity contribution in [3.05, 3.63) is 59.7 Å². The molecule has 0 saturated carbocycles. The van der Waals surface area contributed by atoms with Crippen LogP contribution in [-0.4, -0.2) is 15.4 Å². The fraction of sp³-hybridized carbons (Fsp3) is 0.333. The van der Waals surface area contributed by atoms with Crippen molar-refractivity contribution in [2.75, 3.05) is 0 Å². The van der Waals surface area contributed by atoms with E-state index in [0.717, 1.165) is 33.8 Å². The Balaban J connectivity index is 2.26. The lowest BCUT2D eigenvalue weighted by atomic mass is 10.0. The van der Waals surface area contributed by atoms with Crippen molar-refractivity contribution in [1.29, 1.82) is 0 Å². The zero-order valence-electron chi connectivity index (χ0n) is 12.6. The van der Waals surface area contributed by atoms with Crippen LogP contribution < -0.4 is 0 Å². The van der Waals surface area contributed by atoms with E-state index in [1.807, 2.05) is 55.5 Å². The van der Waals surface area contributed by atoms with Crippen molar-refractivity contribution in [3.8, 4) is 0 Å². The first kappa shape index (κ1) is 15.9. The van der Waals surface area contributed by atoms with E-state index in [1.54, 1.807) is 0 Å². The van der Waals surface area contributed by atoms with Gasteiger partial charge in [0.1, 0.15) is 0 Å². The minimum Gasteiger partial charge on any atom is -0.393 e. The summed E-state index contributed by atoms with van der Waals surface area (Å²) < 4.78 is 12.7. The number of aliphatic hydroxyl groups is 1. The molecule has 0 radical (unpaired) electrons. The number of rotatable bonds is 6. The Kier molecular flexibility index (Phi) is 5.71. The van der Waals surface area contributed by atoms with Crippen LogP contribution in [0.3, 0.4) is 0 Å². The van der Waals surface area contributed by atoms with Crippen LogP contribution in [-0.2, 0) is 17.2 Å². The molecule has 0 fully saturated rings. The van der Waals surface area contributed by atoms with E-state index >= 15 is 0 Å². The normalized spacial score (nSPS) is 13.9. The van der Waals surface area contributed by atoms with Crippen LogP contribution in [0.15, 0.2) is 58.3 Å². The van der Waals surface area contributed by atoms with Gasteiger partial charge in [-0.05, 0) is 43.5 Å². The maximum absolute atomic E-state index is 12.7. The molecule has 21 heavy (non-hydrogen) atoms. The zero-order valence-corrected chi connectivity index (χ0v) is 13.4. The summed E-state index contributed by atoms with van der Waals surface area (Å²) in [4.78, 5) is 1.61. The van der Waals surface area contributed by atoms with Crippen LogP contribution in [0.1, 0.15) is 30.9 Å². The quantitative estimate of drug-likeness (QED) is 0.879. The summed E-state index contributed by atoms with van der Waals surface area (Å²) in [6, 6.07) is 15.4. The molecule has 3 heteroatoms. The third kappa shape index (κ3) is 4.26. The molecule has 2 rings (SSSR count). The van der Waals surface area contributed by atoms with Crippen molar-refractivity contribution >= 4 is 10.8 Å². The van der Waals surface area contributed by atoms with E-state index in [2.05, 4.69) is 6.92 Å². The molecule has 0 spiro atoms. The van der Waals surface area contributed by atoms with Crippen molar-refractivity contribution in [2.24, 2.45) is 0 Å². The molecule has 2 nitrogen and oxygen atoms in total. The molecule has 0 amide bonds. The summed E-state index contributed by atoms with van der Waals surface area (Å²) in [5, 5.41) is 10.0. The van der Waals surface area contributed by atoms with Gasteiger partial charge in [0.15, 0.2) is 0 Å². The van der Waals surface area contributed by atoms with Crippen LogP contribution in [0.4, 0.5) is 0 Å². The van der Waals surface area contributed by atoms with E-state index in [4.69, 9.17) is 0 Å². The summed E-state index contributed by atoms with van der Waals surface area (Å²) >= 11 is 0. The van der Waals surface area contributed by atoms with Gasteiger partial charge in [-0.25, -0.2) is 4.21 Å². The van der Waals surface area contributed by atoms with E-state index in [0.29, 0.717) is 6.42 Å². The van der Waals surface area contributed by atoms with Gasteiger partial charge in [0.2, 0.25) is 0 Å². The van der Waals surface area contributed by atoms with E-state index in [1.165, 1.54) is 0 Å². The lowest BCUT2D eigenvalue weighted by Gasteiger charge is -2.13. The fourth-order valence-electron chi connectivity index (χ4n) is 2.33. The molecule has 0 aliphatic heterocycles. The molecular formula is C18H22O2S. The molecule has 0 aromatic heterocycles. The molecule has 0 bridgehead atoms. The molecule has 0 heterocycles. The molecule has 0 aliphatic rings. The monoisotopic (exact) mass is 302 g/mol. The van der Waals surface area contributed by atoms with Crippen LogP contribution >= 0.6 is 0 Å². The smallest absolute Gasteiger partial charge is 0.0852 e. The van der Waals surface area contributed by atoms with Gasteiger partial charge in [-0.2, -0.15) is 0 Å². The Morgan fingerprint density at radius 3 is 2.43 bits per heavy atom. The maximum Gasteiger partial charge on any atom is 0.0852 e. The number of hydrogen-bond donors (Lipinski definition) is 1. The fourth-order valence-corrected chi connectivity index (χ4v) is 3.56. The number of benzene rings is 2. The third-order valence-electron chi connectivity index (χ3n) is 3.48. The second-order valence-corrected chi connectivity index (χ2v) is 6.78. The predicted molar refractivity (Wildman–Crippen MR) is 86.9 cm³/mol. The van der Waals surface area contributed by atoms with Gasteiger partial charge >= 0.3 is 0 Å². The summed E-state index contributed by atoms with van der Waals surface area (Å²) in [7, 11) is -1.20. The van der Waals surface area contributed by atoms with Gasteiger partial charge in [0.25, 0.3) is 0 Å². The van der Waals surface area contributed by atoms with Crippen LogP contribution in [0.25, 0.3) is 0 Å². The highest BCUT2D eigenvalue weighted by Gasteiger charge is 2.14. The Bertz CT molecular complexity index is 605. The van der Waals surface area contributed by atoms with Crippen LogP contribution in [0.2, 0.25) is 0 Å². The topological polar surface area (TPSA) is 37.3 Å². The van der Waals surface area contributed by atoms with E-state index in [-0.39, 0.29) is 6.10 Å². The summed E-state index contributed by atoms with van der Waals surface area (Å²) in [6.45, 7) is 4.07. The Hall–Kier alpha value is -1.45. The first-order chi connectivity index (χ1) is 10.1. The zero-order chi connectivity index (χ0) is 15.2. The summed E-state index contributed by atoms with van der Waals surface area (Å²) in [6.07, 6.45) is 1.91. The first-order valence-electron chi connectivity index (χ1n) is 7.36. The molecule has 2 aromatic rings. The highest BCUT2D eigenvalue weighted by atomic mass is 32.2. The molecule has 0 unspecified atom stereocenters. The third-order valence-corrected chi connectivity index (χ3v) is 4.98. The first-order valence-corrected chi connectivity index (χ1v) is 8.51. The van der Waals surface area contributed by atoms with Crippen molar-refractivity contribution in [2.45, 2.75) is 49.0 Å². The molecular weight excluding hydrogens is 280 g/mol. The minimum atomic E-state index is -1.20. The second-order valence-electron chi connectivity index (χ2n) is 5.34. The average molecular weight is 302 g/mol. The minimum absolute atomic E-state index is 0.369. The highest BCUT2D eigenvalue weighted by Crippen LogP contribution is 2.22. The van der Waals surface area contributed by atoms with Gasteiger partial charge in [0, 0.05) is 9.79 Å². The van der Waals surface area contributed by atoms with Crippen LogP contribution in [0, 0.1) is 6.92 Å². The summed E-state index contributed by atoms with van der Waals surface area (Å²) in [5.74, 6) is 0. The molecule has 2 aromatic carbocycles. The summed E-state index contributed by atoms with van der Waals surface area (Å²) in [5.41, 5.74) is 2.12. The van der Waals surface area contributed by atoms with Crippen molar-refractivity contribution < 1.29 is 9.32 Å². The van der Waals surface area contributed by atoms with Crippen molar-refractivity contribution in [1.82, 2.24) is 0 Å². The van der Waals surface area contributed by atoms with Gasteiger partial charge in [-0.3, -0.25) is 0 Å². The Morgan fingerprint density at radius 1 is 1.10 bits per heavy atom. The predicted octanol–water partition coefficient (Wildman–Crippen LogP) is 3.87. The molecule has 112 valence electrons. The molecule has 0 saturated heterocycles. The standard InChI is InChI=1S/C18H22O2S/c1-3-6-16(19)13-15-7-4-5-8-18(15)21(20)17-11-9-14(2)10-12-17/h4-5,7-12,16,19H,3,6,13H2,1-2H3/t16-,21-/m0/s1. The van der Waals surface area contributed by atoms with Crippen LogP contribution in [0.5, 0.6) is 0 Å². The molecule has 2 atom stereocenters. The maximum atomic E-state index is 12.7. The van der Waals surface area contributed by atoms with Gasteiger partial charge in [0.05, 0.1) is 16.9 Å². The average Bonchev–Trinajstić information content (AvgIpc) is 2.48. The number of hydrogen-bond acceptors (Lipinski definition) is 2. The molecule has 0 aliphatic carbocycles. The largest absolute Gasteiger partial charge is 0.393 e.